The highest BCUT2D eigenvalue weighted by atomic mass is 15.1. The molecule has 0 radical (unpaired) electrons. The lowest BCUT2D eigenvalue weighted by molar-refractivity contribution is 0.866. The molecule has 3 heteroatoms. The lowest BCUT2D eigenvalue weighted by Gasteiger charge is -2.04. The zero-order chi connectivity index (χ0) is 11.8. The smallest absolute Gasteiger partial charge is 0.0367 e. The van der Waals surface area contributed by atoms with Crippen LogP contribution < -0.4 is 0 Å². The van der Waals surface area contributed by atoms with E-state index in [1.54, 1.807) is 0 Å². The van der Waals surface area contributed by atoms with Crippen LogP contribution in [0.5, 0.6) is 0 Å². The first kappa shape index (κ1) is 12.2. The Morgan fingerprint density at radius 2 is 2.25 bits per heavy atom. The van der Waals surface area contributed by atoms with Gasteiger partial charge in [-0.15, -0.1) is 0 Å². The zero-order valence-electron chi connectivity index (χ0n) is 9.64. The van der Waals surface area contributed by atoms with Crippen molar-refractivity contribution in [1.29, 1.82) is 0 Å². The topological polar surface area (TPSA) is 48.8 Å². The molecule has 82 valence electrons. The highest BCUT2D eigenvalue weighted by molar-refractivity contribution is 5.38. The molecule has 0 bridgehead atoms. The summed E-state index contributed by atoms with van der Waals surface area (Å²) in [5, 5.41) is 3.43. The lowest BCUT2D eigenvalue weighted by Crippen LogP contribution is -1.87. The second kappa shape index (κ2) is 6.55. The van der Waals surface area contributed by atoms with E-state index in [9.17, 15) is 0 Å². The SMILES string of the molecule is CC(C)c1cccc(C#CCCN=[N+]=[N-])c1. The van der Waals surface area contributed by atoms with Crippen molar-refractivity contribution in [2.45, 2.75) is 26.2 Å². The molecule has 0 fully saturated rings. The first-order chi connectivity index (χ1) is 7.74. The lowest BCUT2D eigenvalue weighted by atomic mass is 10.0. The summed E-state index contributed by atoms with van der Waals surface area (Å²) in [6.45, 7) is 4.76. The molecule has 0 saturated carbocycles. The minimum absolute atomic E-state index is 0.438. The van der Waals surface area contributed by atoms with Gasteiger partial charge in [-0.2, -0.15) is 0 Å². The second-order valence-electron chi connectivity index (χ2n) is 3.79. The monoisotopic (exact) mass is 213 g/mol. The molecule has 1 aromatic rings. The predicted octanol–water partition coefficient (Wildman–Crippen LogP) is 3.86. The fourth-order valence-electron chi connectivity index (χ4n) is 1.29. The van der Waals surface area contributed by atoms with Gasteiger partial charge in [-0.05, 0) is 29.1 Å². The predicted molar refractivity (Wildman–Crippen MR) is 66.0 cm³/mol. The van der Waals surface area contributed by atoms with Crippen molar-refractivity contribution in [2.75, 3.05) is 6.54 Å². The van der Waals surface area contributed by atoms with Gasteiger partial charge in [0.05, 0.1) is 0 Å². The van der Waals surface area contributed by atoms with Crippen LogP contribution in [0.2, 0.25) is 0 Å². The van der Waals surface area contributed by atoms with Crippen LogP contribution in [0.15, 0.2) is 29.4 Å². The highest BCUT2D eigenvalue weighted by Crippen LogP contribution is 2.14. The minimum atomic E-state index is 0.438. The van der Waals surface area contributed by atoms with Gasteiger partial charge in [0.1, 0.15) is 0 Å². The van der Waals surface area contributed by atoms with E-state index in [0.717, 1.165) is 5.56 Å². The van der Waals surface area contributed by atoms with Gasteiger partial charge in [0.15, 0.2) is 0 Å². The summed E-state index contributed by atoms with van der Waals surface area (Å²) in [7, 11) is 0. The molecular formula is C13H15N3. The van der Waals surface area contributed by atoms with E-state index in [4.69, 9.17) is 5.53 Å². The summed E-state index contributed by atoms with van der Waals surface area (Å²) in [5.74, 6) is 6.57. The molecule has 1 rings (SSSR count). The van der Waals surface area contributed by atoms with Crippen molar-refractivity contribution in [3.63, 3.8) is 0 Å². The van der Waals surface area contributed by atoms with Crippen molar-refractivity contribution in [1.82, 2.24) is 0 Å². The van der Waals surface area contributed by atoms with E-state index in [2.05, 4.69) is 47.8 Å². The van der Waals surface area contributed by atoms with Crippen LogP contribution in [0, 0.1) is 11.8 Å². The van der Waals surface area contributed by atoms with Gasteiger partial charge >= 0.3 is 0 Å². The number of rotatable bonds is 3. The number of benzene rings is 1. The average molecular weight is 213 g/mol. The van der Waals surface area contributed by atoms with Crippen molar-refractivity contribution >= 4 is 0 Å². The molecule has 0 spiro atoms. The van der Waals surface area contributed by atoms with E-state index in [1.807, 2.05) is 12.1 Å². The van der Waals surface area contributed by atoms with Crippen LogP contribution in [0.3, 0.4) is 0 Å². The first-order valence-corrected chi connectivity index (χ1v) is 5.33. The number of hydrogen-bond acceptors (Lipinski definition) is 1. The largest absolute Gasteiger partial charge is 0.0978 e. The number of nitrogens with zero attached hydrogens (tertiary/aromatic N) is 3. The molecule has 0 aliphatic rings. The van der Waals surface area contributed by atoms with Crippen LogP contribution >= 0.6 is 0 Å². The van der Waals surface area contributed by atoms with E-state index >= 15 is 0 Å². The Balaban J connectivity index is 2.66. The van der Waals surface area contributed by atoms with E-state index in [0.29, 0.717) is 18.9 Å². The molecule has 16 heavy (non-hydrogen) atoms. The number of hydrogen-bond donors (Lipinski definition) is 0. The summed E-state index contributed by atoms with van der Waals surface area (Å²) in [4.78, 5) is 2.67. The summed E-state index contributed by atoms with van der Waals surface area (Å²) in [6.07, 6.45) is 0.607. The molecule has 0 aliphatic carbocycles. The molecule has 0 N–H and O–H groups in total. The van der Waals surface area contributed by atoms with Crippen LogP contribution in [-0.2, 0) is 0 Å². The standard InChI is InChI=1S/C13H15N3/c1-11(2)13-8-5-7-12(10-13)6-3-4-9-15-16-14/h5,7-8,10-11H,4,9H2,1-2H3. The minimum Gasteiger partial charge on any atom is -0.0978 e. The van der Waals surface area contributed by atoms with Crippen LogP contribution in [0.1, 0.15) is 37.3 Å². The fourth-order valence-corrected chi connectivity index (χ4v) is 1.29. The van der Waals surface area contributed by atoms with Gasteiger partial charge in [0.25, 0.3) is 0 Å². The fraction of sp³-hybridized carbons (Fsp3) is 0.385. The summed E-state index contributed by atoms with van der Waals surface area (Å²) in [5.41, 5.74) is 10.4. The molecule has 1 aromatic carbocycles. The third-order valence-electron chi connectivity index (χ3n) is 2.19. The summed E-state index contributed by atoms with van der Waals surface area (Å²) < 4.78 is 0. The van der Waals surface area contributed by atoms with Crippen molar-refractivity contribution in [3.05, 3.63) is 45.8 Å². The quantitative estimate of drug-likeness (QED) is 0.241. The van der Waals surface area contributed by atoms with E-state index in [-0.39, 0.29) is 0 Å². The molecule has 0 amide bonds. The molecule has 0 heterocycles. The Labute approximate surface area is 96.1 Å². The Morgan fingerprint density at radius 3 is 2.94 bits per heavy atom. The molecule has 0 atom stereocenters. The molecule has 3 nitrogen and oxygen atoms in total. The highest BCUT2D eigenvalue weighted by Gasteiger charge is 1.97. The molecule has 0 aliphatic heterocycles. The van der Waals surface area contributed by atoms with Crippen molar-refractivity contribution in [3.8, 4) is 11.8 Å². The normalized spacial score (nSPS) is 9.19. The second-order valence-corrected chi connectivity index (χ2v) is 3.79. The summed E-state index contributed by atoms with van der Waals surface area (Å²) in [6, 6.07) is 8.22. The van der Waals surface area contributed by atoms with Gasteiger partial charge in [-0.25, -0.2) is 0 Å². The average Bonchev–Trinajstić information content (AvgIpc) is 2.29. The Morgan fingerprint density at radius 1 is 1.44 bits per heavy atom. The first-order valence-electron chi connectivity index (χ1n) is 5.33. The molecule has 0 saturated heterocycles. The van der Waals surface area contributed by atoms with Crippen LogP contribution in [0.4, 0.5) is 0 Å². The van der Waals surface area contributed by atoms with Gasteiger partial charge in [0, 0.05) is 23.4 Å². The van der Waals surface area contributed by atoms with Crippen LogP contribution in [-0.4, -0.2) is 6.54 Å². The molecule has 0 unspecified atom stereocenters. The maximum atomic E-state index is 8.09. The van der Waals surface area contributed by atoms with E-state index < -0.39 is 0 Å². The van der Waals surface area contributed by atoms with Gasteiger partial charge in [0.2, 0.25) is 0 Å². The Kier molecular flexibility index (Phi) is 4.98. The maximum absolute atomic E-state index is 8.09. The summed E-state index contributed by atoms with van der Waals surface area (Å²) >= 11 is 0. The van der Waals surface area contributed by atoms with Gasteiger partial charge < -0.3 is 0 Å². The van der Waals surface area contributed by atoms with Crippen LogP contribution in [0.25, 0.3) is 10.4 Å². The third kappa shape index (κ3) is 4.08. The molecular weight excluding hydrogens is 198 g/mol. The van der Waals surface area contributed by atoms with Gasteiger partial charge in [-0.1, -0.05) is 42.9 Å². The third-order valence-corrected chi connectivity index (χ3v) is 2.19. The van der Waals surface area contributed by atoms with Crippen molar-refractivity contribution < 1.29 is 0 Å². The Hall–Kier alpha value is -1.91. The van der Waals surface area contributed by atoms with E-state index in [1.165, 1.54) is 5.56 Å². The Bertz CT molecular complexity index is 446. The number of azide groups is 1. The maximum Gasteiger partial charge on any atom is 0.0367 e. The molecule has 0 aromatic heterocycles. The van der Waals surface area contributed by atoms with Crippen molar-refractivity contribution in [2.24, 2.45) is 5.11 Å². The zero-order valence-corrected chi connectivity index (χ0v) is 9.64. The van der Waals surface area contributed by atoms with Gasteiger partial charge in [-0.3, -0.25) is 0 Å².